The minimum atomic E-state index is -1.66. The van der Waals surface area contributed by atoms with Gasteiger partial charge in [0.15, 0.2) is 11.9 Å². The number of hydrogen-bond donors (Lipinski definition) is 4. The molecule has 1 aliphatic heterocycles. The van der Waals surface area contributed by atoms with Gasteiger partial charge in [-0.25, -0.2) is 4.79 Å². The molecule has 8 unspecified atom stereocenters. The number of ketones is 1. The van der Waals surface area contributed by atoms with E-state index < -0.39 is 82.1 Å². The number of hydrogen-bond acceptors (Lipinski definition) is 11. The molecule has 4 N–H and O–H groups in total. The zero-order chi connectivity index (χ0) is 31.0. The van der Waals surface area contributed by atoms with Crippen LogP contribution in [0.4, 0.5) is 0 Å². The Morgan fingerprint density at radius 2 is 1.93 bits per heavy atom. The van der Waals surface area contributed by atoms with Crippen LogP contribution >= 0.6 is 23.1 Å². The van der Waals surface area contributed by atoms with E-state index in [0.29, 0.717) is 16.4 Å². The molecule has 4 aliphatic rings. The van der Waals surface area contributed by atoms with Crippen molar-refractivity contribution in [2.75, 3.05) is 18.8 Å². The van der Waals surface area contributed by atoms with Gasteiger partial charge in [0, 0.05) is 123 Å². The summed E-state index contributed by atoms with van der Waals surface area (Å²) in [5, 5.41) is 49.2. The zero-order valence-corrected chi connectivity index (χ0v) is 37.2. The monoisotopic (exact) mass is 1080 g/mol. The second-order valence-corrected chi connectivity index (χ2v) is 15.0. The Balaban J connectivity index is 0.00000264. The largest absolute Gasteiger partial charge is 0.456 e. The van der Waals surface area contributed by atoms with E-state index in [9.17, 15) is 30.0 Å². The van der Waals surface area contributed by atoms with E-state index >= 15 is 0 Å². The van der Waals surface area contributed by atoms with Gasteiger partial charge in [-0.15, -0.1) is 23.1 Å². The van der Waals surface area contributed by atoms with E-state index in [4.69, 9.17) is 21.1 Å². The first kappa shape index (κ1) is 40.0. The van der Waals surface area contributed by atoms with Gasteiger partial charge >= 0.3 is 5.97 Å². The molecule has 0 amide bonds. The minimum absolute atomic E-state index is 0. The topological polar surface area (TPSA) is 143 Å². The molecule has 11 atom stereocenters. The standard InChI is InChI=1S/C31H42O9S2.2Ac/c1-15-18(40-27(35)23(32)16(2)19-9-8-10-42-19)12-31(37)17(3)25-29(6,26(34)24(33)22(15)28(31,4)5)20(39-14-41-7)11-21-30(25,36)13-38-21;;/h2,8-10,16-18,20-21,23-25,32-33,36-37H,11-14H2,1,3-7H3;;/t16-,17-,18?,20?,21?,23?,24?,25?,29+,30?,31?;;/m0../s1. The van der Waals surface area contributed by atoms with Gasteiger partial charge in [-0.2, -0.15) is 0 Å². The van der Waals surface area contributed by atoms with Crippen molar-refractivity contribution in [2.24, 2.45) is 22.7 Å². The molecule has 2 saturated carbocycles. The van der Waals surface area contributed by atoms with Crippen molar-refractivity contribution >= 4 is 34.9 Å². The maximum absolute atomic E-state index is 14.5. The molecular weight excluding hydrogens is 1030 g/mol. The normalized spacial score (nSPS) is 40.5. The molecule has 44 heavy (non-hydrogen) atoms. The molecule has 0 aromatic carbocycles. The SMILES string of the molecule is [Ac].[Ac].[CH][C@@H](c1cccs1)C(O)C(=O)OC1CC2(O)[C@@H](C)C3C4(O)COC4CC(OCSC)[C@@]3(C)C(=O)C(O)C(=C1C)C2(C)C. The second kappa shape index (κ2) is 14.4. The van der Waals surface area contributed by atoms with Crippen molar-refractivity contribution in [1.82, 2.24) is 0 Å². The van der Waals surface area contributed by atoms with Crippen molar-refractivity contribution in [2.45, 2.75) is 95.1 Å². The van der Waals surface area contributed by atoms with E-state index in [-0.39, 0.29) is 113 Å². The molecule has 13 heteroatoms. The number of thiophene rings is 1. The quantitative estimate of drug-likeness (QED) is 0.183. The maximum atomic E-state index is 14.5. The Labute approximate surface area is 339 Å². The van der Waals surface area contributed by atoms with Crippen molar-refractivity contribution in [3.8, 4) is 0 Å². The third kappa shape index (κ3) is 6.02. The predicted molar refractivity (Wildman–Crippen MR) is 158 cm³/mol. The summed E-state index contributed by atoms with van der Waals surface area (Å²) in [7, 11) is 0. The van der Waals surface area contributed by atoms with Crippen molar-refractivity contribution < 1.29 is 132 Å². The molecular formula is C31H42Ac2O9S2. The number of fused-ring (bicyclic) bond motifs is 5. The smallest absolute Gasteiger partial charge is 0.336 e. The van der Waals surface area contributed by atoms with Crippen LogP contribution in [0.2, 0.25) is 0 Å². The zero-order valence-electron chi connectivity index (χ0n) is 26.1. The van der Waals surface area contributed by atoms with Crippen molar-refractivity contribution in [3.63, 3.8) is 0 Å². The molecule has 2 heterocycles. The molecule has 1 aromatic heterocycles. The number of ether oxygens (including phenoxy) is 3. The minimum Gasteiger partial charge on any atom is -0.456 e. The number of carbonyl (C=O) groups is 2. The summed E-state index contributed by atoms with van der Waals surface area (Å²) < 4.78 is 17.8. The van der Waals surface area contributed by atoms with Gasteiger partial charge in [0.2, 0.25) is 0 Å². The molecule has 0 spiro atoms. The molecule has 9 nitrogen and oxygen atoms in total. The molecule has 5 rings (SSSR count). The fraction of sp³-hybridized carbons (Fsp3) is 0.710. The molecule has 3 fully saturated rings. The van der Waals surface area contributed by atoms with Crippen LogP contribution < -0.4 is 0 Å². The first-order chi connectivity index (χ1) is 19.6. The van der Waals surface area contributed by atoms with Crippen LogP contribution in [0.5, 0.6) is 0 Å². The van der Waals surface area contributed by atoms with Crippen LogP contribution in [0, 0.1) is 118 Å². The number of esters is 1. The van der Waals surface area contributed by atoms with E-state index in [1.807, 2.05) is 6.26 Å². The first-order valence-corrected chi connectivity index (χ1v) is 16.6. The van der Waals surface area contributed by atoms with Crippen LogP contribution in [-0.2, 0) is 23.8 Å². The number of aliphatic hydroxyl groups excluding tert-OH is 2. The van der Waals surface area contributed by atoms with Gasteiger partial charge in [-0.3, -0.25) is 4.79 Å². The number of carbonyl (C=O) groups excluding carboxylic acids is 2. The Morgan fingerprint density at radius 1 is 1.27 bits per heavy atom. The van der Waals surface area contributed by atoms with Crippen molar-refractivity contribution in [1.29, 1.82) is 0 Å². The molecule has 1 saturated heterocycles. The summed E-state index contributed by atoms with van der Waals surface area (Å²) in [6, 6.07) is 3.48. The van der Waals surface area contributed by atoms with Crippen LogP contribution in [0.25, 0.3) is 0 Å². The van der Waals surface area contributed by atoms with Gasteiger partial charge in [-0.05, 0) is 55.5 Å². The van der Waals surface area contributed by atoms with E-state index in [2.05, 4.69) is 0 Å². The fourth-order valence-corrected chi connectivity index (χ4v) is 9.53. The average Bonchev–Trinajstić information content (AvgIpc) is 3.47. The van der Waals surface area contributed by atoms with Gasteiger partial charge in [-0.1, -0.05) is 26.8 Å². The first-order valence-electron chi connectivity index (χ1n) is 14.3. The molecule has 3 aliphatic carbocycles. The fourth-order valence-electron chi connectivity index (χ4n) is 8.48. The Bertz CT molecular complexity index is 1260. The summed E-state index contributed by atoms with van der Waals surface area (Å²) in [6.07, 6.45) is -3.56. The average molecular weight is 1080 g/mol. The molecule has 2 bridgehead atoms. The Kier molecular flexibility index (Phi) is 13.1. The van der Waals surface area contributed by atoms with E-state index in [1.54, 1.807) is 52.1 Å². The molecule has 238 valence electrons. The number of thioether (sulfide) groups is 1. The third-order valence-corrected chi connectivity index (χ3v) is 12.3. The van der Waals surface area contributed by atoms with E-state index in [1.165, 1.54) is 23.1 Å². The third-order valence-electron chi connectivity index (χ3n) is 10.9. The summed E-state index contributed by atoms with van der Waals surface area (Å²) in [4.78, 5) is 28.3. The van der Waals surface area contributed by atoms with Gasteiger partial charge in [0.1, 0.15) is 17.8 Å². The van der Waals surface area contributed by atoms with E-state index in [0.717, 1.165) is 0 Å². The number of rotatable bonds is 7. The second-order valence-electron chi connectivity index (χ2n) is 13.2. The molecule has 4 radical (unpaired) electrons. The molecule has 1 aromatic rings. The summed E-state index contributed by atoms with van der Waals surface area (Å²) in [5.41, 5.74) is -4.88. The van der Waals surface area contributed by atoms with Gasteiger partial charge in [0.05, 0.1) is 35.8 Å². The summed E-state index contributed by atoms with van der Waals surface area (Å²) in [5.74, 6) is -3.75. The predicted octanol–water partition coefficient (Wildman–Crippen LogP) is 2.73. The van der Waals surface area contributed by atoms with Crippen LogP contribution in [0.15, 0.2) is 28.7 Å². The maximum Gasteiger partial charge on any atom is 0.336 e. The van der Waals surface area contributed by atoms with Crippen LogP contribution in [0.1, 0.15) is 58.3 Å². The number of Topliss-reactive ketones (excluding diaryl/α,β-unsaturated/α-hetero) is 1. The summed E-state index contributed by atoms with van der Waals surface area (Å²) >= 11 is 2.76. The van der Waals surface area contributed by atoms with Gasteiger partial charge in [0.25, 0.3) is 0 Å². The van der Waals surface area contributed by atoms with Gasteiger partial charge < -0.3 is 34.6 Å². The number of aliphatic hydroxyl groups is 4. The Hall–Kier alpha value is 1.57. The van der Waals surface area contributed by atoms with Crippen molar-refractivity contribution in [3.05, 3.63) is 40.5 Å². The summed E-state index contributed by atoms with van der Waals surface area (Å²) in [6.45, 7) is 14.9. The Morgan fingerprint density at radius 3 is 2.48 bits per heavy atom. The van der Waals surface area contributed by atoms with Crippen LogP contribution in [-0.4, -0.2) is 92.7 Å². The van der Waals surface area contributed by atoms with Crippen LogP contribution in [0.3, 0.4) is 0 Å².